The number of hydrogen-bond acceptors (Lipinski definition) is 0. The monoisotopic (exact) mass is 140 g/mol. The predicted molar refractivity (Wildman–Crippen MR) is 37.9 cm³/mol. The molecule has 0 fully saturated rings. The fourth-order valence-electron chi connectivity index (χ4n) is 0.897. The van der Waals surface area contributed by atoms with Crippen LogP contribution in [0.15, 0.2) is 24.3 Å². The second kappa shape index (κ2) is 3.32. The first-order valence-electron chi connectivity index (χ1n) is 3.36. The minimum Gasteiger partial charge on any atom is -0.357 e. The molecule has 0 atom stereocenters. The average Bonchev–Trinajstić information content (AvgIpc) is 1.88. The van der Waals surface area contributed by atoms with Gasteiger partial charge in [0.05, 0.1) is 6.54 Å². The SMILES string of the molecule is [NH3+]CCc1cccc(F)c1. The van der Waals surface area contributed by atoms with Gasteiger partial charge >= 0.3 is 0 Å². The first kappa shape index (κ1) is 7.22. The van der Waals surface area contributed by atoms with Crippen molar-refractivity contribution in [3.05, 3.63) is 35.6 Å². The van der Waals surface area contributed by atoms with Crippen molar-refractivity contribution < 1.29 is 10.1 Å². The molecule has 1 aromatic rings. The van der Waals surface area contributed by atoms with Crippen molar-refractivity contribution in [1.29, 1.82) is 0 Å². The van der Waals surface area contributed by atoms with Crippen LogP contribution in [0.3, 0.4) is 0 Å². The maximum atomic E-state index is 12.5. The molecule has 0 amide bonds. The van der Waals surface area contributed by atoms with E-state index in [2.05, 4.69) is 5.73 Å². The first-order valence-corrected chi connectivity index (χ1v) is 3.36. The van der Waals surface area contributed by atoms with E-state index in [1.165, 1.54) is 6.07 Å². The van der Waals surface area contributed by atoms with Crippen LogP contribution >= 0.6 is 0 Å². The number of hydrogen-bond donors (Lipinski definition) is 1. The van der Waals surface area contributed by atoms with Crippen LogP contribution in [0.5, 0.6) is 0 Å². The standard InChI is InChI=1S/C8H10FN/c9-8-3-1-2-7(6-8)4-5-10/h1-3,6H,4-5,10H2/p+1. The Morgan fingerprint density at radius 2 is 2.20 bits per heavy atom. The summed E-state index contributed by atoms with van der Waals surface area (Å²) in [7, 11) is 0. The Bertz CT molecular complexity index is 210. The van der Waals surface area contributed by atoms with E-state index in [4.69, 9.17) is 0 Å². The van der Waals surface area contributed by atoms with Crippen LogP contribution < -0.4 is 5.73 Å². The maximum Gasteiger partial charge on any atom is 0.123 e. The zero-order valence-electron chi connectivity index (χ0n) is 5.81. The molecule has 3 N–H and O–H groups in total. The number of benzene rings is 1. The van der Waals surface area contributed by atoms with E-state index in [1.54, 1.807) is 12.1 Å². The predicted octanol–water partition coefficient (Wildman–Crippen LogP) is 0.610. The zero-order chi connectivity index (χ0) is 7.40. The molecule has 0 aliphatic rings. The quantitative estimate of drug-likeness (QED) is 0.623. The molecule has 0 spiro atoms. The minimum absolute atomic E-state index is 0.161. The summed E-state index contributed by atoms with van der Waals surface area (Å²) in [4.78, 5) is 0. The normalized spacial score (nSPS) is 9.80. The molecule has 1 aromatic carbocycles. The highest BCUT2D eigenvalue weighted by atomic mass is 19.1. The molecule has 0 bridgehead atoms. The molecule has 2 heteroatoms. The number of rotatable bonds is 2. The summed E-state index contributed by atoms with van der Waals surface area (Å²) in [5, 5.41) is 0. The molecule has 1 rings (SSSR count). The summed E-state index contributed by atoms with van der Waals surface area (Å²) in [5.41, 5.74) is 4.71. The van der Waals surface area contributed by atoms with Gasteiger partial charge in [0.2, 0.25) is 0 Å². The Hall–Kier alpha value is -0.890. The summed E-state index contributed by atoms with van der Waals surface area (Å²) in [6.07, 6.45) is 0.859. The van der Waals surface area contributed by atoms with Crippen molar-refractivity contribution in [1.82, 2.24) is 0 Å². The molecular formula is C8H11FN+. The summed E-state index contributed by atoms with van der Waals surface area (Å²) in [6.45, 7) is 0.823. The Morgan fingerprint density at radius 1 is 1.40 bits per heavy atom. The van der Waals surface area contributed by atoms with E-state index in [-0.39, 0.29) is 5.82 Å². The van der Waals surface area contributed by atoms with Crippen LogP contribution in [-0.2, 0) is 6.42 Å². The molecule has 54 valence electrons. The van der Waals surface area contributed by atoms with Gasteiger partial charge in [0.25, 0.3) is 0 Å². The van der Waals surface area contributed by atoms with E-state index in [0.717, 1.165) is 18.5 Å². The Labute approximate surface area is 59.7 Å². The summed E-state index contributed by atoms with van der Waals surface area (Å²) < 4.78 is 12.5. The average molecular weight is 140 g/mol. The third kappa shape index (κ3) is 1.81. The fraction of sp³-hybridized carbons (Fsp3) is 0.250. The van der Waals surface area contributed by atoms with E-state index in [9.17, 15) is 4.39 Å². The molecule has 0 unspecified atom stereocenters. The van der Waals surface area contributed by atoms with Crippen molar-refractivity contribution in [3.63, 3.8) is 0 Å². The van der Waals surface area contributed by atoms with Crippen molar-refractivity contribution in [2.24, 2.45) is 0 Å². The van der Waals surface area contributed by atoms with Gasteiger partial charge in [0, 0.05) is 6.42 Å². The topological polar surface area (TPSA) is 27.6 Å². The molecule has 0 aromatic heterocycles. The highest BCUT2D eigenvalue weighted by molar-refractivity contribution is 5.16. The highest BCUT2D eigenvalue weighted by Gasteiger charge is 1.92. The van der Waals surface area contributed by atoms with Crippen LogP contribution in [0.4, 0.5) is 4.39 Å². The third-order valence-electron chi connectivity index (χ3n) is 1.35. The van der Waals surface area contributed by atoms with Crippen molar-refractivity contribution in [3.8, 4) is 0 Å². The molecule has 0 heterocycles. The summed E-state index contributed by atoms with van der Waals surface area (Å²) in [5.74, 6) is -0.161. The molecule has 0 aliphatic carbocycles. The van der Waals surface area contributed by atoms with Gasteiger partial charge in [-0.05, 0) is 17.7 Å². The van der Waals surface area contributed by atoms with Crippen LogP contribution in [0.2, 0.25) is 0 Å². The zero-order valence-corrected chi connectivity index (χ0v) is 5.81. The lowest BCUT2D eigenvalue weighted by atomic mass is 10.1. The maximum absolute atomic E-state index is 12.5. The van der Waals surface area contributed by atoms with E-state index >= 15 is 0 Å². The lowest BCUT2D eigenvalue weighted by molar-refractivity contribution is -0.366. The highest BCUT2D eigenvalue weighted by Crippen LogP contribution is 2.02. The molecule has 1 nitrogen and oxygen atoms in total. The second-order valence-corrected chi connectivity index (χ2v) is 2.23. The van der Waals surface area contributed by atoms with Crippen LogP contribution in [0.1, 0.15) is 5.56 Å². The molecule has 0 aliphatic heterocycles. The minimum atomic E-state index is -0.161. The Kier molecular flexibility index (Phi) is 2.40. The Morgan fingerprint density at radius 3 is 2.80 bits per heavy atom. The van der Waals surface area contributed by atoms with Gasteiger partial charge in [-0.3, -0.25) is 0 Å². The largest absolute Gasteiger partial charge is 0.357 e. The van der Waals surface area contributed by atoms with E-state index < -0.39 is 0 Å². The van der Waals surface area contributed by atoms with Crippen molar-refractivity contribution in [2.75, 3.05) is 6.54 Å². The van der Waals surface area contributed by atoms with Gasteiger partial charge < -0.3 is 5.73 Å². The lowest BCUT2D eigenvalue weighted by Gasteiger charge is -1.94. The van der Waals surface area contributed by atoms with Crippen LogP contribution in [0.25, 0.3) is 0 Å². The smallest absolute Gasteiger partial charge is 0.123 e. The second-order valence-electron chi connectivity index (χ2n) is 2.23. The molecule has 10 heavy (non-hydrogen) atoms. The summed E-state index contributed by atoms with van der Waals surface area (Å²) in [6, 6.07) is 6.63. The van der Waals surface area contributed by atoms with Crippen molar-refractivity contribution in [2.45, 2.75) is 6.42 Å². The first-order chi connectivity index (χ1) is 4.83. The van der Waals surface area contributed by atoms with Gasteiger partial charge in [-0.2, -0.15) is 0 Å². The third-order valence-corrected chi connectivity index (χ3v) is 1.35. The van der Waals surface area contributed by atoms with Gasteiger partial charge in [-0.25, -0.2) is 4.39 Å². The molecular weight excluding hydrogens is 129 g/mol. The van der Waals surface area contributed by atoms with Crippen LogP contribution in [0, 0.1) is 5.82 Å². The van der Waals surface area contributed by atoms with Crippen LogP contribution in [-0.4, -0.2) is 6.54 Å². The van der Waals surface area contributed by atoms with Gasteiger partial charge in [-0.1, -0.05) is 12.1 Å². The molecule has 0 saturated carbocycles. The van der Waals surface area contributed by atoms with E-state index in [1.807, 2.05) is 6.07 Å². The van der Waals surface area contributed by atoms with Crippen molar-refractivity contribution >= 4 is 0 Å². The van der Waals surface area contributed by atoms with Gasteiger partial charge in [-0.15, -0.1) is 0 Å². The summed E-state index contributed by atoms with van der Waals surface area (Å²) >= 11 is 0. The van der Waals surface area contributed by atoms with E-state index in [0.29, 0.717) is 0 Å². The fourth-order valence-corrected chi connectivity index (χ4v) is 0.897. The molecule has 0 radical (unpaired) electrons. The van der Waals surface area contributed by atoms with Gasteiger partial charge in [0.1, 0.15) is 5.82 Å². The Balaban J connectivity index is 2.75. The number of halogens is 1. The lowest BCUT2D eigenvalue weighted by Crippen LogP contribution is -2.51. The number of quaternary nitrogens is 1. The molecule has 0 saturated heterocycles. The van der Waals surface area contributed by atoms with Gasteiger partial charge in [0.15, 0.2) is 0 Å².